The normalized spacial score (nSPS) is 18.4. The minimum absolute atomic E-state index is 0.0423. The summed E-state index contributed by atoms with van der Waals surface area (Å²) in [7, 11) is 0. The molecule has 3 nitrogen and oxygen atoms in total. The zero-order chi connectivity index (χ0) is 9.72. The van der Waals surface area contributed by atoms with Crippen LogP contribution in [0.15, 0.2) is 0 Å². The maximum atomic E-state index is 11.3. The Hall–Kier alpha value is -0.410. The summed E-state index contributed by atoms with van der Waals surface area (Å²) in [4.78, 5) is 11.3. The molecule has 3 N–H and O–H groups in total. The maximum absolute atomic E-state index is 11.3. The molecular weight excluding hydrogens is 154 g/mol. The Bertz CT molecular complexity index is 145. The van der Waals surface area contributed by atoms with Crippen LogP contribution in [0, 0.1) is 5.92 Å². The molecule has 0 aliphatic carbocycles. The second-order valence-electron chi connectivity index (χ2n) is 3.43. The quantitative estimate of drug-likeness (QED) is 0.643. The van der Waals surface area contributed by atoms with E-state index in [9.17, 15) is 4.79 Å². The Kier molecular flexibility index (Phi) is 5.09. The second-order valence-corrected chi connectivity index (χ2v) is 3.43. The molecule has 0 amide bonds. The molecule has 0 saturated heterocycles. The fraction of sp³-hybridized carbons (Fsp3) is 0.889. The van der Waals surface area contributed by atoms with Crippen molar-refractivity contribution >= 4 is 5.78 Å². The van der Waals surface area contributed by atoms with Crippen molar-refractivity contribution in [2.45, 2.75) is 45.8 Å². The van der Waals surface area contributed by atoms with Crippen LogP contribution in [-0.2, 0) is 4.79 Å². The number of carbonyl (C=O) groups excluding carboxylic acids is 1. The van der Waals surface area contributed by atoms with Crippen molar-refractivity contribution in [2.24, 2.45) is 11.7 Å². The zero-order valence-electron chi connectivity index (χ0n) is 8.08. The first-order valence-electron chi connectivity index (χ1n) is 4.45. The van der Waals surface area contributed by atoms with Crippen LogP contribution in [0.25, 0.3) is 0 Å². The molecule has 0 saturated carbocycles. The highest BCUT2D eigenvalue weighted by molar-refractivity contribution is 5.84. The monoisotopic (exact) mass is 173 g/mol. The molecule has 3 atom stereocenters. The Morgan fingerprint density at radius 2 is 2.00 bits per heavy atom. The molecule has 3 heteroatoms. The first-order chi connectivity index (χ1) is 5.49. The van der Waals surface area contributed by atoms with Crippen LogP contribution in [0.2, 0.25) is 0 Å². The average molecular weight is 173 g/mol. The van der Waals surface area contributed by atoms with E-state index < -0.39 is 12.1 Å². The van der Waals surface area contributed by atoms with E-state index in [1.165, 1.54) is 0 Å². The highest BCUT2D eigenvalue weighted by Gasteiger charge is 2.20. The van der Waals surface area contributed by atoms with Crippen LogP contribution in [-0.4, -0.2) is 23.0 Å². The molecular formula is C9H19NO2. The molecule has 72 valence electrons. The van der Waals surface area contributed by atoms with Gasteiger partial charge in [0.2, 0.25) is 0 Å². The summed E-state index contributed by atoms with van der Waals surface area (Å²) in [6.07, 6.45) is 0.491. The molecule has 0 aromatic heterocycles. The van der Waals surface area contributed by atoms with Crippen LogP contribution in [0.3, 0.4) is 0 Å². The number of aliphatic hydroxyl groups is 1. The minimum Gasteiger partial charge on any atom is -0.393 e. The van der Waals surface area contributed by atoms with Crippen LogP contribution in [0.4, 0.5) is 0 Å². The van der Waals surface area contributed by atoms with Crippen molar-refractivity contribution in [1.29, 1.82) is 0 Å². The van der Waals surface area contributed by atoms with Crippen molar-refractivity contribution in [2.75, 3.05) is 0 Å². The van der Waals surface area contributed by atoms with Gasteiger partial charge in [-0.25, -0.2) is 0 Å². The Morgan fingerprint density at radius 1 is 1.50 bits per heavy atom. The SMILES string of the molecule is CC[C@H](C)C(N)C(=O)CC(C)O. The van der Waals surface area contributed by atoms with E-state index in [2.05, 4.69) is 0 Å². The third-order valence-corrected chi connectivity index (χ3v) is 2.13. The van der Waals surface area contributed by atoms with Gasteiger partial charge in [0.05, 0.1) is 12.1 Å². The second kappa shape index (κ2) is 5.27. The van der Waals surface area contributed by atoms with Gasteiger partial charge < -0.3 is 10.8 Å². The van der Waals surface area contributed by atoms with Gasteiger partial charge >= 0.3 is 0 Å². The highest BCUT2D eigenvalue weighted by atomic mass is 16.3. The van der Waals surface area contributed by atoms with Gasteiger partial charge in [-0.15, -0.1) is 0 Å². The van der Waals surface area contributed by atoms with Crippen molar-refractivity contribution in [1.82, 2.24) is 0 Å². The van der Waals surface area contributed by atoms with E-state index in [1.54, 1.807) is 6.92 Å². The summed E-state index contributed by atoms with van der Waals surface area (Å²) in [5, 5.41) is 8.95. The maximum Gasteiger partial charge on any atom is 0.152 e. The van der Waals surface area contributed by atoms with E-state index >= 15 is 0 Å². The summed E-state index contributed by atoms with van der Waals surface area (Å²) < 4.78 is 0. The highest BCUT2D eigenvalue weighted by Crippen LogP contribution is 2.08. The first-order valence-corrected chi connectivity index (χ1v) is 4.45. The summed E-state index contributed by atoms with van der Waals surface area (Å²) >= 11 is 0. The number of ketones is 1. The lowest BCUT2D eigenvalue weighted by molar-refractivity contribution is -0.123. The molecule has 0 aromatic carbocycles. The average Bonchev–Trinajstić information content (AvgIpc) is 2.00. The van der Waals surface area contributed by atoms with E-state index in [4.69, 9.17) is 10.8 Å². The van der Waals surface area contributed by atoms with Gasteiger partial charge in [-0.1, -0.05) is 20.3 Å². The van der Waals surface area contributed by atoms with Gasteiger partial charge in [0, 0.05) is 6.42 Å². The van der Waals surface area contributed by atoms with Gasteiger partial charge in [0.25, 0.3) is 0 Å². The zero-order valence-corrected chi connectivity index (χ0v) is 8.08. The van der Waals surface area contributed by atoms with Gasteiger partial charge in [-0.05, 0) is 12.8 Å². The molecule has 0 aliphatic rings. The molecule has 0 spiro atoms. The molecule has 2 unspecified atom stereocenters. The van der Waals surface area contributed by atoms with Gasteiger partial charge in [-0.3, -0.25) is 4.79 Å². The Balaban J connectivity index is 3.92. The van der Waals surface area contributed by atoms with Crippen molar-refractivity contribution < 1.29 is 9.90 Å². The molecule has 12 heavy (non-hydrogen) atoms. The molecule has 0 aliphatic heterocycles. The summed E-state index contributed by atoms with van der Waals surface area (Å²) in [6, 6.07) is -0.412. The number of Topliss-reactive ketones (excluding diaryl/α,β-unsaturated/α-hetero) is 1. The van der Waals surface area contributed by atoms with Gasteiger partial charge in [0.1, 0.15) is 0 Å². The third kappa shape index (κ3) is 3.83. The van der Waals surface area contributed by atoms with Gasteiger partial charge in [-0.2, -0.15) is 0 Å². The lowest BCUT2D eigenvalue weighted by Gasteiger charge is -2.17. The van der Waals surface area contributed by atoms with Crippen molar-refractivity contribution in [3.63, 3.8) is 0 Å². The molecule has 0 radical (unpaired) electrons. The number of rotatable bonds is 5. The van der Waals surface area contributed by atoms with Crippen LogP contribution < -0.4 is 5.73 Å². The molecule has 0 rings (SSSR count). The Morgan fingerprint density at radius 3 is 2.33 bits per heavy atom. The van der Waals surface area contributed by atoms with Crippen LogP contribution >= 0.6 is 0 Å². The lowest BCUT2D eigenvalue weighted by Crippen LogP contribution is -2.37. The number of nitrogens with two attached hydrogens (primary N) is 1. The van der Waals surface area contributed by atoms with E-state index in [1.807, 2.05) is 13.8 Å². The van der Waals surface area contributed by atoms with Crippen LogP contribution in [0.1, 0.15) is 33.6 Å². The van der Waals surface area contributed by atoms with Crippen LogP contribution in [0.5, 0.6) is 0 Å². The van der Waals surface area contributed by atoms with E-state index in [0.717, 1.165) is 6.42 Å². The summed E-state index contributed by atoms with van der Waals surface area (Å²) in [6.45, 7) is 5.55. The predicted molar refractivity (Wildman–Crippen MR) is 48.7 cm³/mol. The fourth-order valence-corrected chi connectivity index (χ4v) is 0.999. The standard InChI is InChI=1S/C9H19NO2/c1-4-6(2)9(10)8(12)5-7(3)11/h6-7,9,11H,4-5,10H2,1-3H3/t6-,7?,9?/m0/s1. The molecule has 0 bridgehead atoms. The lowest BCUT2D eigenvalue weighted by atomic mass is 9.94. The van der Waals surface area contributed by atoms with E-state index in [-0.39, 0.29) is 18.1 Å². The number of hydrogen-bond acceptors (Lipinski definition) is 3. The summed E-state index contributed by atoms with van der Waals surface area (Å²) in [5.41, 5.74) is 5.66. The minimum atomic E-state index is -0.576. The smallest absolute Gasteiger partial charge is 0.152 e. The largest absolute Gasteiger partial charge is 0.393 e. The number of carbonyl (C=O) groups is 1. The fourth-order valence-electron chi connectivity index (χ4n) is 0.999. The summed E-state index contributed by atoms with van der Waals surface area (Å²) in [5.74, 6) is 0.163. The van der Waals surface area contributed by atoms with E-state index in [0.29, 0.717) is 0 Å². The number of aliphatic hydroxyl groups excluding tert-OH is 1. The molecule has 0 aromatic rings. The topological polar surface area (TPSA) is 63.3 Å². The Labute approximate surface area is 74.0 Å². The first kappa shape index (κ1) is 11.6. The number of hydrogen-bond donors (Lipinski definition) is 2. The van der Waals surface area contributed by atoms with Gasteiger partial charge in [0.15, 0.2) is 5.78 Å². The van der Waals surface area contributed by atoms with Crippen molar-refractivity contribution in [3.8, 4) is 0 Å². The third-order valence-electron chi connectivity index (χ3n) is 2.13. The molecule has 0 heterocycles. The predicted octanol–water partition coefficient (Wildman–Crippen LogP) is 0.700. The van der Waals surface area contributed by atoms with Crippen molar-refractivity contribution in [3.05, 3.63) is 0 Å². The molecule has 0 fully saturated rings.